The van der Waals surface area contributed by atoms with E-state index in [1.165, 1.54) is 83.5 Å². The highest BCUT2D eigenvalue weighted by Gasteiger charge is 1.95. The lowest BCUT2D eigenvalue weighted by Crippen LogP contribution is -1.82. The first-order valence-electron chi connectivity index (χ1n) is 10.2. The molecule has 135 valence electrons. The van der Waals surface area contributed by atoms with E-state index >= 15 is 0 Å². The molecule has 0 bridgehead atoms. The van der Waals surface area contributed by atoms with Crippen LogP contribution in [-0.4, -0.2) is 5.11 Å². The van der Waals surface area contributed by atoms with E-state index < -0.39 is 0 Å². The molecule has 0 aliphatic carbocycles. The van der Waals surface area contributed by atoms with Crippen LogP contribution in [0.2, 0.25) is 0 Å². The maximum absolute atomic E-state index is 9.64. The lowest BCUT2D eigenvalue weighted by Gasteiger charge is -2.02. The molecule has 0 saturated heterocycles. The molecule has 1 aromatic carbocycles. The summed E-state index contributed by atoms with van der Waals surface area (Å²) in [4.78, 5) is 0. The summed E-state index contributed by atoms with van der Waals surface area (Å²) in [6, 6.07) is 8.40. The fourth-order valence-corrected chi connectivity index (χ4v) is 3.06. The molecule has 1 nitrogen and oxygen atoms in total. The van der Waals surface area contributed by atoms with E-state index in [4.69, 9.17) is 0 Å². The zero-order valence-corrected chi connectivity index (χ0v) is 15.7. The van der Waals surface area contributed by atoms with Crippen molar-refractivity contribution in [3.8, 4) is 5.75 Å². The minimum Gasteiger partial charge on any atom is -0.507 e. The predicted octanol–water partition coefficient (Wildman–Crippen LogP) is 7.69. The largest absolute Gasteiger partial charge is 0.507 e. The quantitative estimate of drug-likeness (QED) is 0.327. The average molecular weight is 330 g/mol. The topological polar surface area (TPSA) is 20.2 Å². The Bertz CT molecular complexity index is 422. The Labute approximate surface area is 150 Å². The van der Waals surface area contributed by atoms with Gasteiger partial charge in [-0.2, -0.15) is 0 Å². The number of phenols is 1. The van der Waals surface area contributed by atoms with Crippen molar-refractivity contribution in [1.82, 2.24) is 0 Å². The van der Waals surface area contributed by atoms with Crippen molar-refractivity contribution in [3.05, 3.63) is 35.9 Å². The van der Waals surface area contributed by atoms with Gasteiger partial charge in [-0.3, -0.25) is 0 Å². The molecule has 0 aliphatic heterocycles. The smallest absolute Gasteiger partial charge is 0.123 e. The molecule has 0 aliphatic rings. The fraction of sp³-hybridized carbons (Fsp3) is 0.652. The molecular weight excluding hydrogens is 292 g/mol. The minimum absolute atomic E-state index is 0.319. The van der Waals surface area contributed by atoms with Gasteiger partial charge in [0.2, 0.25) is 0 Å². The molecule has 0 saturated carbocycles. The molecule has 24 heavy (non-hydrogen) atoms. The number of unbranched alkanes of at least 4 members (excludes halogenated alkanes) is 13. The van der Waals surface area contributed by atoms with Crippen molar-refractivity contribution in [1.29, 1.82) is 0 Å². The van der Waals surface area contributed by atoms with Gasteiger partial charge in [-0.15, -0.1) is 0 Å². The van der Waals surface area contributed by atoms with Crippen molar-refractivity contribution in [2.75, 3.05) is 0 Å². The summed E-state index contributed by atoms with van der Waals surface area (Å²) in [5.74, 6) is 0.319. The highest BCUT2D eigenvalue weighted by molar-refractivity contribution is 5.55. The zero-order valence-electron chi connectivity index (χ0n) is 15.7. The van der Waals surface area contributed by atoms with Gasteiger partial charge in [0.25, 0.3) is 0 Å². The van der Waals surface area contributed by atoms with Gasteiger partial charge >= 0.3 is 0 Å². The minimum atomic E-state index is 0.319. The normalized spacial score (nSPS) is 11.4. The van der Waals surface area contributed by atoms with Crippen molar-refractivity contribution in [2.24, 2.45) is 0 Å². The monoisotopic (exact) mass is 329 g/mol. The molecule has 1 N–H and O–H groups in total. The van der Waals surface area contributed by atoms with E-state index in [1.54, 1.807) is 12.1 Å². The van der Waals surface area contributed by atoms with E-state index in [0.29, 0.717) is 5.75 Å². The number of hydrogen-bond donors (Lipinski definition) is 1. The Morgan fingerprint density at radius 2 is 1.38 bits per heavy atom. The summed E-state index contributed by atoms with van der Waals surface area (Å²) in [5.41, 5.74) is 0.798. The number of hydrogen-bond acceptors (Lipinski definition) is 1. The second kappa shape index (κ2) is 15.3. The van der Waals surface area contributed by atoms with Gasteiger partial charge in [0.05, 0.1) is 0 Å². The molecule has 1 rings (SSSR count). The van der Waals surface area contributed by atoms with Crippen LogP contribution in [0.3, 0.4) is 0 Å². The summed E-state index contributed by atoms with van der Waals surface area (Å²) in [7, 11) is 0. The molecule has 0 aromatic heterocycles. The third-order valence-electron chi connectivity index (χ3n) is 4.62. The van der Waals surface area contributed by atoms with Gasteiger partial charge in [0, 0.05) is 5.56 Å². The third-order valence-corrected chi connectivity index (χ3v) is 4.62. The Kier molecular flexibility index (Phi) is 13.3. The molecule has 0 amide bonds. The number of rotatable bonds is 15. The summed E-state index contributed by atoms with van der Waals surface area (Å²) in [5, 5.41) is 9.64. The van der Waals surface area contributed by atoms with Crippen molar-refractivity contribution < 1.29 is 5.11 Å². The summed E-state index contributed by atoms with van der Waals surface area (Å²) in [6.45, 7) is 2.28. The molecule has 1 radical (unpaired) electrons. The Morgan fingerprint density at radius 3 is 1.92 bits per heavy atom. The number of benzene rings is 1. The molecule has 1 aromatic rings. The molecule has 0 fully saturated rings. The van der Waals surface area contributed by atoms with E-state index in [0.717, 1.165) is 12.0 Å². The van der Waals surface area contributed by atoms with Gasteiger partial charge in [-0.05, 0) is 25.0 Å². The van der Waals surface area contributed by atoms with Crippen LogP contribution in [0, 0.1) is 6.07 Å². The first kappa shape index (κ1) is 20.8. The van der Waals surface area contributed by atoms with Crippen LogP contribution in [0.15, 0.2) is 24.3 Å². The zero-order chi connectivity index (χ0) is 17.3. The summed E-state index contributed by atoms with van der Waals surface area (Å²) >= 11 is 0. The average Bonchev–Trinajstić information content (AvgIpc) is 2.60. The van der Waals surface area contributed by atoms with Crippen LogP contribution in [-0.2, 0) is 0 Å². The second-order valence-electron chi connectivity index (χ2n) is 6.90. The van der Waals surface area contributed by atoms with Crippen LogP contribution in [0.5, 0.6) is 5.75 Å². The number of phenolic OH excluding ortho intramolecular Hbond substituents is 1. The van der Waals surface area contributed by atoms with Crippen LogP contribution in [0.1, 0.15) is 102 Å². The molecule has 0 heterocycles. The maximum Gasteiger partial charge on any atom is 0.123 e. The number of aromatic hydroxyl groups is 1. The van der Waals surface area contributed by atoms with Crippen molar-refractivity contribution >= 4 is 6.08 Å². The second-order valence-corrected chi connectivity index (χ2v) is 6.90. The highest BCUT2D eigenvalue weighted by Crippen LogP contribution is 2.17. The first-order valence-corrected chi connectivity index (χ1v) is 10.2. The van der Waals surface area contributed by atoms with Crippen molar-refractivity contribution in [2.45, 2.75) is 96.8 Å². The Balaban J connectivity index is 1.83. The van der Waals surface area contributed by atoms with Crippen LogP contribution >= 0.6 is 0 Å². The van der Waals surface area contributed by atoms with Gasteiger partial charge in [-0.25, -0.2) is 0 Å². The van der Waals surface area contributed by atoms with Crippen molar-refractivity contribution in [3.63, 3.8) is 0 Å². The van der Waals surface area contributed by atoms with Gasteiger partial charge in [0.15, 0.2) is 0 Å². The van der Waals surface area contributed by atoms with E-state index in [-0.39, 0.29) is 0 Å². The standard InChI is InChI=1S/C23H37O/c1-2-3-4-5-6-7-8-9-10-11-12-13-14-15-16-19-22-20-17-18-21-23(22)24/h16-19,21,24H,2-15H2,1H3. The van der Waals surface area contributed by atoms with E-state index in [1.807, 2.05) is 12.1 Å². The SMILES string of the molecule is CCCCCCCCCCCCCCCC=Cc1[c]cccc1O. The highest BCUT2D eigenvalue weighted by atomic mass is 16.3. The summed E-state index contributed by atoms with van der Waals surface area (Å²) in [6.07, 6.45) is 23.4. The molecule has 0 unspecified atom stereocenters. The molecule has 0 atom stereocenters. The molecular formula is C23H37O. The first-order chi connectivity index (χ1) is 11.8. The maximum atomic E-state index is 9.64. The van der Waals surface area contributed by atoms with Crippen LogP contribution in [0.25, 0.3) is 6.08 Å². The lowest BCUT2D eigenvalue weighted by molar-refractivity contribution is 0.474. The van der Waals surface area contributed by atoms with E-state index in [2.05, 4.69) is 19.1 Å². The van der Waals surface area contributed by atoms with Gasteiger partial charge in [-0.1, -0.05) is 108 Å². The summed E-state index contributed by atoms with van der Waals surface area (Å²) < 4.78 is 0. The molecule has 1 heteroatoms. The van der Waals surface area contributed by atoms with Gasteiger partial charge in [0.1, 0.15) is 5.75 Å². The van der Waals surface area contributed by atoms with E-state index in [9.17, 15) is 5.11 Å². The number of allylic oxidation sites excluding steroid dienone is 1. The Hall–Kier alpha value is -1.24. The fourth-order valence-electron chi connectivity index (χ4n) is 3.06. The van der Waals surface area contributed by atoms with Gasteiger partial charge < -0.3 is 5.11 Å². The van der Waals surface area contributed by atoms with Crippen LogP contribution in [0.4, 0.5) is 0 Å². The lowest BCUT2D eigenvalue weighted by atomic mass is 10.0. The predicted molar refractivity (Wildman–Crippen MR) is 106 cm³/mol. The Morgan fingerprint density at radius 1 is 0.833 bits per heavy atom. The third kappa shape index (κ3) is 11.3. The van der Waals surface area contributed by atoms with Crippen LogP contribution < -0.4 is 0 Å². The molecule has 0 spiro atoms.